The number of pyridine rings is 1. The summed E-state index contributed by atoms with van der Waals surface area (Å²) in [7, 11) is -3.23. The van der Waals surface area contributed by atoms with E-state index < -0.39 is 15.8 Å². The van der Waals surface area contributed by atoms with E-state index in [2.05, 4.69) is 4.98 Å². The molecule has 0 aliphatic rings. The summed E-state index contributed by atoms with van der Waals surface area (Å²) in [4.78, 5) is 15.0. The highest BCUT2D eigenvalue weighted by Gasteiger charge is 2.15. The van der Waals surface area contributed by atoms with Crippen LogP contribution in [0.2, 0.25) is 0 Å². The average Bonchev–Trinajstić information content (AvgIpc) is 2.59. The Morgan fingerprint density at radius 3 is 2.76 bits per heavy atom. The molecule has 0 bridgehead atoms. The van der Waals surface area contributed by atoms with Gasteiger partial charge in [-0.15, -0.1) is 0 Å². The fourth-order valence-corrected chi connectivity index (χ4v) is 2.38. The van der Waals surface area contributed by atoms with Gasteiger partial charge >= 0.3 is 5.97 Å². The number of carboxylic acid groups (broad SMARTS) is 1. The Labute approximate surface area is 97.4 Å². The molecule has 90 valence electrons. The highest BCUT2D eigenvalue weighted by molar-refractivity contribution is 7.89. The molecule has 0 spiro atoms. The third-order valence-electron chi connectivity index (χ3n) is 2.23. The lowest BCUT2D eigenvalue weighted by molar-refractivity contribution is 0.0688. The Balaban J connectivity index is 2.70. The van der Waals surface area contributed by atoms with Crippen LogP contribution in [0.4, 0.5) is 0 Å². The number of sulfone groups is 1. The highest BCUT2D eigenvalue weighted by atomic mass is 32.2. The van der Waals surface area contributed by atoms with Crippen molar-refractivity contribution in [2.75, 3.05) is 6.26 Å². The molecule has 6 nitrogen and oxygen atoms in total. The number of rotatable bonds is 3. The minimum atomic E-state index is -3.23. The molecule has 2 rings (SSSR count). The monoisotopic (exact) mass is 254 g/mol. The van der Waals surface area contributed by atoms with E-state index in [1.165, 1.54) is 16.7 Å². The van der Waals surface area contributed by atoms with E-state index in [0.717, 1.165) is 6.26 Å². The van der Waals surface area contributed by atoms with Crippen molar-refractivity contribution in [1.82, 2.24) is 9.38 Å². The molecule has 7 heteroatoms. The first kappa shape index (κ1) is 11.6. The fourth-order valence-electron chi connectivity index (χ4n) is 1.64. The Morgan fingerprint density at radius 1 is 1.47 bits per heavy atom. The number of aromatic nitrogens is 2. The molecule has 0 saturated heterocycles. The molecule has 2 heterocycles. The van der Waals surface area contributed by atoms with E-state index in [0.29, 0.717) is 11.3 Å². The molecule has 0 atom stereocenters. The predicted molar refractivity (Wildman–Crippen MR) is 60.7 cm³/mol. The topological polar surface area (TPSA) is 88.7 Å². The zero-order valence-electron chi connectivity index (χ0n) is 8.99. The molecule has 0 amide bonds. The summed E-state index contributed by atoms with van der Waals surface area (Å²) < 4.78 is 23.8. The second-order valence-corrected chi connectivity index (χ2v) is 5.87. The molecule has 17 heavy (non-hydrogen) atoms. The van der Waals surface area contributed by atoms with Crippen LogP contribution in [-0.2, 0) is 15.6 Å². The number of imidazole rings is 1. The maximum absolute atomic E-state index is 11.2. The normalized spacial score (nSPS) is 11.8. The summed E-state index contributed by atoms with van der Waals surface area (Å²) in [5.41, 5.74) is 0.766. The molecule has 0 unspecified atom stereocenters. The van der Waals surface area contributed by atoms with Gasteiger partial charge < -0.3 is 5.11 Å². The zero-order chi connectivity index (χ0) is 12.6. The second-order valence-electron chi connectivity index (χ2n) is 3.73. The Kier molecular flexibility index (Phi) is 2.62. The zero-order valence-corrected chi connectivity index (χ0v) is 9.81. The molecule has 2 aromatic heterocycles. The minimum absolute atomic E-state index is 0.00125. The van der Waals surface area contributed by atoms with Gasteiger partial charge in [-0.25, -0.2) is 18.2 Å². The van der Waals surface area contributed by atoms with E-state index in [4.69, 9.17) is 5.11 Å². The summed E-state index contributed by atoms with van der Waals surface area (Å²) in [6.07, 6.45) is 2.47. The first-order chi connectivity index (χ1) is 7.88. The first-order valence-electron chi connectivity index (χ1n) is 4.75. The molecule has 0 aliphatic carbocycles. The van der Waals surface area contributed by atoms with E-state index in [1.54, 1.807) is 12.1 Å². The number of hydrogen-bond donors (Lipinski definition) is 1. The minimum Gasteiger partial charge on any atom is -0.477 e. The van der Waals surface area contributed by atoms with Crippen LogP contribution in [0.1, 0.15) is 16.2 Å². The summed E-state index contributed by atoms with van der Waals surface area (Å²) in [6, 6.07) is 4.59. The average molecular weight is 254 g/mol. The number of nitrogens with zero attached hydrogens (tertiary/aromatic N) is 2. The summed E-state index contributed by atoms with van der Waals surface area (Å²) in [5, 5.41) is 9.03. The molecule has 1 N–H and O–H groups in total. The van der Waals surface area contributed by atoms with E-state index in [1.807, 2.05) is 0 Å². The van der Waals surface area contributed by atoms with Crippen molar-refractivity contribution >= 4 is 21.5 Å². The third kappa shape index (κ3) is 2.28. The molecule has 0 saturated carbocycles. The fraction of sp³-hybridized carbons (Fsp3) is 0.200. The van der Waals surface area contributed by atoms with E-state index in [-0.39, 0.29) is 11.4 Å². The van der Waals surface area contributed by atoms with Gasteiger partial charge in [0.05, 0.1) is 17.6 Å². The van der Waals surface area contributed by atoms with Gasteiger partial charge in [0.25, 0.3) is 0 Å². The van der Waals surface area contributed by atoms with Crippen LogP contribution < -0.4 is 0 Å². The second kappa shape index (κ2) is 3.85. The molecule has 0 radical (unpaired) electrons. The smallest absolute Gasteiger partial charge is 0.352 e. The summed E-state index contributed by atoms with van der Waals surface area (Å²) in [5.74, 6) is -1.36. The van der Waals surface area contributed by atoms with Crippen LogP contribution in [0.15, 0.2) is 24.4 Å². The lowest BCUT2D eigenvalue weighted by Crippen LogP contribution is -2.10. The van der Waals surface area contributed by atoms with Crippen molar-refractivity contribution in [3.05, 3.63) is 35.8 Å². The maximum Gasteiger partial charge on any atom is 0.352 e. The van der Waals surface area contributed by atoms with Gasteiger partial charge in [-0.2, -0.15) is 0 Å². The molecule has 0 fully saturated rings. The van der Waals surface area contributed by atoms with Crippen molar-refractivity contribution in [2.45, 2.75) is 5.75 Å². The van der Waals surface area contributed by atoms with Gasteiger partial charge in [-0.05, 0) is 12.1 Å². The summed E-state index contributed by atoms with van der Waals surface area (Å²) in [6.45, 7) is 0. The first-order valence-corrected chi connectivity index (χ1v) is 6.81. The number of aromatic carboxylic acids is 1. The lowest BCUT2D eigenvalue weighted by Gasteiger charge is -2.04. The number of fused-ring (bicyclic) bond motifs is 1. The molecule has 2 aromatic rings. The molecule has 0 aliphatic heterocycles. The molecular formula is C10H10N2O4S. The van der Waals surface area contributed by atoms with Gasteiger partial charge in [0, 0.05) is 6.26 Å². The van der Waals surface area contributed by atoms with Crippen molar-refractivity contribution in [3.63, 3.8) is 0 Å². The van der Waals surface area contributed by atoms with Crippen molar-refractivity contribution in [1.29, 1.82) is 0 Å². The maximum atomic E-state index is 11.2. The third-order valence-corrected chi connectivity index (χ3v) is 3.05. The van der Waals surface area contributed by atoms with Crippen LogP contribution in [0.5, 0.6) is 0 Å². The number of carboxylic acids is 1. The van der Waals surface area contributed by atoms with Crippen molar-refractivity contribution in [2.24, 2.45) is 0 Å². The van der Waals surface area contributed by atoms with Gasteiger partial charge in [0.15, 0.2) is 9.84 Å². The number of hydrogen-bond acceptors (Lipinski definition) is 4. The van der Waals surface area contributed by atoms with E-state index >= 15 is 0 Å². The van der Waals surface area contributed by atoms with Crippen molar-refractivity contribution < 1.29 is 18.3 Å². The SMILES string of the molecule is CS(=O)(=O)Cc1cnc2cccc(C(=O)O)n12. The van der Waals surface area contributed by atoms with Crippen LogP contribution in [0.25, 0.3) is 5.65 Å². The van der Waals surface area contributed by atoms with Gasteiger partial charge in [0.1, 0.15) is 11.3 Å². The quantitative estimate of drug-likeness (QED) is 0.865. The highest BCUT2D eigenvalue weighted by Crippen LogP contribution is 2.13. The standard InChI is InChI=1S/C10H10N2O4S/c1-17(15,16)6-7-5-11-9-4-2-3-8(10(13)14)12(7)9/h2-5H,6H2,1H3,(H,13,14). The Bertz CT molecular complexity index is 687. The van der Waals surface area contributed by atoms with Crippen LogP contribution in [0, 0.1) is 0 Å². The summed E-state index contributed by atoms with van der Waals surface area (Å²) >= 11 is 0. The van der Waals surface area contributed by atoms with E-state index in [9.17, 15) is 13.2 Å². The van der Waals surface area contributed by atoms with Crippen LogP contribution in [-0.4, -0.2) is 35.1 Å². The van der Waals surface area contributed by atoms with Gasteiger partial charge in [-0.1, -0.05) is 6.07 Å². The largest absolute Gasteiger partial charge is 0.477 e. The number of carbonyl (C=O) groups is 1. The molecule has 0 aromatic carbocycles. The van der Waals surface area contributed by atoms with Gasteiger partial charge in [0.2, 0.25) is 0 Å². The van der Waals surface area contributed by atoms with Crippen LogP contribution in [0.3, 0.4) is 0 Å². The molecular weight excluding hydrogens is 244 g/mol. The Morgan fingerprint density at radius 2 is 2.18 bits per heavy atom. The predicted octanol–water partition coefficient (Wildman–Crippen LogP) is 0.577. The van der Waals surface area contributed by atoms with Gasteiger partial charge in [-0.3, -0.25) is 4.40 Å². The Hall–Kier alpha value is -1.89. The lowest BCUT2D eigenvalue weighted by atomic mass is 10.3. The van der Waals surface area contributed by atoms with Crippen LogP contribution >= 0.6 is 0 Å². The van der Waals surface area contributed by atoms with Crippen molar-refractivity contribution in [3.8, 4) is 0 Å².